The molecule has 2 aliphatic heterocycles. The van der Waals surface area contributed by atoms with E-state index in [2.05, 4.69) is 47.5 Å². The summed E-state index contributed by atoms with van der Waals surface area (Å²) in [5.74, 6) is -0.186. The first-order chi connectivity index (χ1) is 17.8. The van der Waals surface area contributed by atoms with Crippen molar-refractivity contribution in [3.63, 3.8) is 0 Å². The lowest BCUT2D eigenvalue weighted by Crippen LogP contribution is -2.57. The van der Waals surface area contributed by atoms with E-state index < -0.39 is 4.92 Å². The van der Waals surface area contributed by atoms with Crippen LogP contribution in [0, 0.1) is 17.0 Å². The summed E-state index contributed by atoms with van der Waals surface area (Å²) < 4.78 is 0. The summed E-state index contributed by atoms with van der Waals surface area (Å²) in [6, 6.07) is 16.4. The molecule has 0 unspecified atom stereocenters. The molecule has 2 amide bonds. The van der Waals surface area contributed by atoms with Gasteiger partial charge in [-0.1, -0.05) is 35.9 Å². The number of hydrogen-bond acceptors (Lipinski definition) is 6. The minimum atomic E-state index is -0.500. The zero-order valence-corrected chi connectivity index (χ0v) is 21.8. The van der Waals surface area contributed by atoms with Crippen molar-refractivity contribution in [3.8, 4) is 0 Å². The Morgan fingerprint density at radius 1 is 1.08 bits per heavy atom. The van der Waals surface area contributed by atoms with Crippen LogP contribution >= 0.6 is 11.3 Å². The number of amides is 2. The topological polar surface area (TPSA) is 87.0 Å². The van der Waals surface area contributed by atoms with Crippen LogP contribution in [-0.2, 0) is 11.2 Å². The zero-order chi connectivity index (χ0) is 26.1. The molecule has 0 N–H and O–H groups in total. The van der Waals surface area contributed by atoms with E-state index in [9.17, 15) is 19.7 Å². The van der Waals surface area contributed by atoms with Gasteiger partial charge in [-0.2, -0.15) is 0 Å². The highest BCUT2D eigenvalue weighted by Gasteiger charge is 2.35. The van der Waals surface area contributed by atoms with Gasteiger partial charge in [-0.15, -0.1) is 11.3 Å². The lowest BCUT2D eigenvalue weighted by Gasteiger charge is -2.42. The second-order valence-corrected chi connectivity index (χ2v) is 10.8. The molecule has 1 saturated heterocycles. The van der Waals surface area contributed by atoms with E-state index in [4.69, 9.17) is 0 Å². The number of carbonyl (C=O) groups excluding carboxylic acids is 2. The first-order valence-corrected chi connectivity index (χ1v) is 13.4. The Balaban J connectivity index is 1.27. The summed E-state index contributed by atoms with van der Waals surface area (Å²) in [5.41, 5.74) is 3.87. The van der Waals surface area contributed by atoms with Gasteiger partial charge in [0.05, 0.1) is 17.5 Å². The summed E-state index contributed by atoms with van der Waals surface area (Å²) in [5, 5.41) is 13.2. The van der Waals surface area contributed by atoms with Crippen molar-refractivity contribution >= 4 is 28.8 Å². The zero-order valence-electron chi connectivity index (χ0n) is 21.0. The number of non-ortho nitro benzene ring substituents is 1. The standard InChI is InChI=1S/C28H30N4O4S/c1-19-6-8-21(9-7-19)27-24-11-15-37-25(24)10-12-30(27)18-26(33)29-13-14-31(20(2)17-29)28(34)22-4-3-5-23(16-22)32(35)36/h3-9,11,15-16,20,27H,10,12-14,17-18H2,1-2H3/t20-,27-/m0/s1. The third-order valence-electron chi connectivity index (χ3n) is 7.34. The van der Waals surface area contributed by atoms with Gasteiger partial charge in [-0.3, -0.25) is 24.6 Å². The molecule has 0 spiro atoms. The molecule has 37 heavy (non-hydrogen) atoms. The normalized spacial score (nSPS) is 19.9. The number of piperazine rings is 1. The number of fused-ring (bicyclic) bond motifs is 1. The molecule has 2 atom stereocenters. The van der Waals surface area contributed by atoms with Crippen molar-refractivity contribution in [2.45, 2.75) is 32.4 Å². The molecule has 5 rings (SSSR count). The number of rotatable bonds is 5. The second-order valence-electron chi connectivity index (χ2n) is 9.83. The monoisotopic (exact) mass is 518 g/mol. The number of nitro groups is 1. The molecule has 2 aromatic carbocycles. The van der Waals surface area contributed by atoms with Crippen LogP contribution in [0.2, 0.25) is 0 Å². The largest absolute Gasteiger partial charge is 0.338 e. The van der Waals surface area contributed by atoms with Gasteiger partial charge in [-0.25, -0.2) is 0 Å². The number of hydrogen-bond donors (Lipinski definition) is 0. The Hall–Kier alpha value is -3.56. The van der Waals surface area contributed by atoms with Crippen LogP contribution < -0.4 is 0 Å². The van der Waals surface area contributed by atoms with Crippen LogP contribution in [0.15, 0.2) is 60.0 Å². The smallest absolute Gasteiger partial charge is 0.270 e. The van der Waals surface area contributed by atoms with Crippen LogP contribution in [0.5, 0.6) is 0 Å². The fourth-order valence-corrected chi connectivity index (χ4v) is 6.26. The van der Waals surface area contributed by atoms with E-state index >= 15 is 0 Å². The molecular formula is C28H30N4O4S. The number of carbonyl (C=O) groups is 2. The van der Waals surface area contributed by atoms with Crippen molar-refractivity contribution in [1.29, 1.82) is 0 Å². The van der Waals surface area contributed by atoms with Crippen LogP contribution in [0.1, 0.15) is 44.9 Å². The summed E-state index contributed by atoms with van der Waals surface area (Å²) in [4.78, 5) is 44.4. The van der Waals surface area contributed by atoms with Gasteiger partial charge in [-0.05, 0) is 48.9 Å². The van der Waals surface area contributed by atoms with E-state index in [1.165, 1.54) is 39.8 Å². The third kappa shape index (κ3) is 5.14. The van der Waals surface area contributed by atoms with Gasteiger partial charge in [0.1, 0.15) is 0 Å². The molecule has 3 aromatic rings. The average Bonchev–Trinajstić information content (AvgIpc) is 3.38. The lowest BCUT2D eigenvalue weighted by molar-refractivity contribution is -0.384. The highest BCUT2D eigenvalue weighted by molar-refractivity contribution is 7.10. The predicted molar refractivity (Wildman–Crippen MR) is 143 cm³/mol. The number of aryl methyl sites for hydroxylation is 1. The third-order valence-corrected chi connectivity index (χ3v) is 8.34. The fourth-order valence-electron chi connectivity index (χ4n) is 5.36. The molecule has 0 aliphatic carbocycles. The first kappa shape index (κ1) is 25.1. The van der Waals surface area contributed by atoms with Gasteiger partial charge in [0.25, 0.3) is 11.6 Å². The van der Waals surface area contributed by atoms with Crippen LogP contribution in [-0.4, -0.2) is 70.2 Å². The van der Waals surface area contributed by atoms with Crippen LogP contribution in [0.4, 0.5) is 5.69 Å². The van der Waals surface area contributed by atoms with Crippen molar-refractivity contribution in [2.24, 2.45) is 0 Å². The van der Waals surface area contributed by atoms with Gasteiger partial charge < -0.3 is 9.80 Å². The van der Waals surface area contributed by atoms with E-state index in [0.717, 1.165) is 13.0 Å². The molecule has 3 heterocycles. The van der Waals surface area contributed by atoms with Crippen molar-refractivity contribution in [2.75, 3.05) is 32.7 Å². The minimum absolute atomic E-state index is 0.0497. The molecule has 0 bridgehead atoms. The summed E-state index contributed by atoms with van der Waals surface area (Å²) in [7, 11) is 0. The summed E-state index contributed by atoms with van der Waals surface area (Å²) in [6.07, 6.45) is 0.935. The van der Waals surface area contributed by atoms with Crippen molar-refractivity contribution < 1.29 is 14.5 Å². The Labute approximate surface area is 220 Å². The van der Waals surface area contributed by atoms with Gasteiger partial charge >= 0.3 is 0 Å². The predicted octanol–water partition coefficient (Wildman–Crippen LogP) is 4.29. The molecule has 1 aromatic heterocycles. The van der Waals surface area contributed by atoms with Gasteiger partial charge in [0.2, 0.25) is 5.91 Å². The molecule has 0 radical (unpaired) electrons. The quantitative estimate of drug-likeness (QED) is 0.372. The maximum absolute atomic E-state index is 13.5. The SMILES string of the molecule is Cc1ccc([C@H]2c3ccsc3CCN2CC(=O)N2CCN(C(=O)c3cccc([N+](=O)[O-])c3)[C@@H](C)C2)cc1. The summed E-state index contributed by atoms with van der Waals surface area (Å²) >= 11 is 1.78. The van der Waals surface area contributed by atoms with E-state index in [0.29, 0.717) is 31.7 Å². The van der Waals surface area contributed by atoms with Crippen molar-refractivity contribution in [3.05, 3.63) is 97.2 Å². The Morgan fingerprint density at radius 2 is 1.86 bits per heavy atom. The van der Waals surface area contributed by atoms with Gasteiger partial charge in [0, 0.05) is 54.8 Å². The molecule has 0 saturated carbocycles. The van der Waals surface area contributed by atoms with Crippen molar-refractivity contribution in [1.82, 2.24) is 14.7 Å². The molecule has 1 fully saturated rings. The molecule has 192 valence electrons. The van der Waals surface area contributed by atoms with E-state index in [-0.39, 0.29) is 29.6 Å². The van der Waals surface area contributed by atoms with E-state index in [1.54, 1.807) is 22.3 Å². The highest BCUT2D eigenvalue weighted by atomic mass is 32.1. The van der Waals surface area contributed by atoms with Gasteiger partial charge in [0.15, 0.2) is 0 Å². The molecular weight excluding hydrogens is 488 g/mol. The molecule has 9 heteroatoms. The molecule has 2 aliphatic rings. The Bertz CT molecular complexity index is 1320. The summed E-state index contributed by atoms with van der Waals surface area (Å²) in [6.45, 7) is 6.40. The highest BCUT2D eigenvalue weighted by Crippen LogP contribution is 2.37. The number of nitrogens with zero attached hydrogens (tertiary/aromatic N) is 4. The number of nitro benzene ring substituents is 1. The van der Waals surface area contributed by atoms with Crippen LogP contribution in [0.3, 0.4) is 0 Å². The maximum atomic E-state index is 13.5. The maximum Gasteiger partial charge on any atom is 0.270 e. The first-order valence-electron chi connectivity index (χ1n) is 12.5. The fraction of sp³-hybridized carbons (Fsp3) is 0.357. The molecule has 8 nitrogen and oxygen atoms in total. The number of benzene rings is 2. The number of thiophene rings is 1. The lowest BCUT2D eigenvalue weighted by atomic mass is 9.92. The van der Waals surface area contributed by atoms with E-state index in [1.807, 2.05) is 11.8 Å². The Kier molecular flexibility index (Phi) is 7.08. The Morgan fingerprint density at radius 3 is 2.59 bits per heavy atom. The minimum Gasteiger partial charge on any atom is -0.338 e. The average molecular weight is 519 g/mol. The van der Waals surface area contributed by atoms with Crippen LogP contribution in [0.25, 0.3) is 0 Å². The second kappa shape index (κ2) is 10.4.